The Labute approximate surface area is 168 Å². The van der Waals surface area contributed by atoms with Crippen molar-refractivity contribution in [2.24, 2.45) is 22.7 Å². The SMILES string of the molecule is COc1ccc(C2=NN(CCCCCCN)C(=O)[C@H]3CCCC[C@@H]23)cc1OC. The number of carbonyl (C=O) groups excluding carboxylic acids is 1. The van der Waals surface area contributed by atoms with Crippen LogP contribution in [0.15, 0.2) is 23.3 Å². The maximum atomic E-state index is 13.0. The first-order chi connectivity index (χ1) is 13.7. The van der Waals surface area contributed by atoms with Gasteiger partial charge in [-0.05, 0) is 50.4 Å². The average Bonchev–Trinajstić information content (AvgIpc) is 2.74. The first-order valence-electron chi connectivity index (χ1n) is 10.5. The number of hydrazone groups is 1. The van der Waals surface area contributed by atoms with Crippen molar-refractivity contribution in [1.82, 2.24) is 5.01 Å². The Balaban J connectivity index is 1.85. The normalized spacial score (nSPS) is 21.9. The third kappa shape index (κ3) is 4.49. The van der Waals surface area contributed by atoms with Crippen molar-refractivity contribution in [1.29, 1.82) is 0 Å². The van der Waals surface area contributed by atoms with Crippen LogP contribution < -0.4 is 15.2 Å². The number of hydrogen-bond acceptors (Lipinski definition) is 5. The van der Waals surface area contributed by atoms with E-state index in [1.807, 2.05) is 18.2 Å². The van der Waals surface area contributed by atoms with E-state index in [1.165, 1.54) is 0 Å². The van der Waals surface area contributed by atoms with Gasteiger partial charge in [0, 0.05) is 23.9 Å². The van der Waals surface area contributed by atoms with Crippen LogP contribution in [0.4, 0.5) is 0 Å². The highest BCUT2D eigenvalue weighted by atomic mass is 16.5. The lowest BCUT2D eigenvalue weighted by Gasteiger charge is -2.38. The van der Waals surface area contributed by atoms with Crippen LogP contribution in [0.1, 0.15) is 56.9 Å². The summed E-state index contributed by atoms with van der Waals surface area (Å²) in [5.74, 6) is 1.86. The van der Waals surface area contributed by atoms with Crippen LogP contribution in [0.2, 0.25) is 0 Å². The molecular weight excluding hydrogens is 354 g/mol. The fraction of sp³-hybridized carbons (Fsp3) is 0.636. The van der Waals surface area contributed by atoms with Crippen LogP contribution in [-0.4, -0.2) is 43.9 Å². The number of carbonyl (C=O) groups is 1. The molecule has 0 radical (unpaired) electrons. The van der Waals surface area contributed by atoms with Gasteiger partial charge in [0.15, 0.2) is 11.5 Å². The van der Waals surface area contributed by atoms with Gasteiger partial charge in [-0.1, -0.05) is 25.7 Å². The first kappa shape index (κ1) is 20.6. The molecule has 3 rings (SSSR count). The fourth-order valence-electron chi connectivity index (χ4n) is 4.39. The molecule has 1 aliphatic carbocycles. The highest BCUT2D eigenvalue weighted by Crippen LogP contribution is 2.39. The Bertz CT molecular complexity index is 704. The molecule has 0 bridgehead atoms. The molecule has 2 aliphatic rings. The van der Waals surface area contributed by atoms with E-state index in [-0.39, 0.29) is 17.7 Å². The van der Waals surface area contributed by atoms with E-state index >= 15 is 0 Å². The average molecular weight is 388 g/mol. The smallest absolute Gasteiger partial charge is 0.246 e. The third-order valence-electron chi connectivity index (χ3n) is 5.92. The van der Waals surface area contributed by atoms with Crippen molar-refractivity contribution in [2.45, 2.75) is 51.4 Å². The number of benzene rings is 1. The minimum atomic E-state index is 0.0541. The zero-order valence-corrected chi connectivity index (χ0v) is 17.2. The zero-order valence-electron chi connectivity index (χ0n) is 17.2. The molecule has 1 aromatic carbocycles. The number of nitrogens with zero attached hydrogens (tertiary/aromatic N) is 2. The largest absolute Gasteiger partial charge is 0.493 e. The molecule has 1 aliphatic heterocycles. The summed E-state index contributed by atoms with van der Waals surface area (Å²) >= 11 is 0. The first-order valence-corrected chi connectivity index (χ1v) is 10.5. The van der Waals surface area contributed by atoms with Gasteiger partial charge in [0.25, 0.3) is 0 Å². The molecule has 154 valence electrons. The number of hydrogen-bond donors (Lipinski definition) is 1. The fourth-order valence-corrected chi connectivity index (χ4v) is 4.39. The van der Waals surface area contributed by atoms with Crippen LogP contribution in [0.5, 0.6) is 11.5 Å². The highest BCUT2D eigenvalue weighted by molar-refractivity contribution is 6.07. The van der Waals surface area contributed by atoms with Crippen LogP contribution in [0.3, 0.4) is 0 Å². The summed E-state index contributed by atoms with van der Waals surface area (Å²) in [6.45, 7) is 1.41. The van der Waals surface area contributed by atoms with Gasteiger partial charge in [-0.15, -0.1) is 0 Å². The van der Waals surface area contributed by atoms with Gasteiger partial charge in [-0.2, -0.15) is 5.10 Å². The van der Waals surface area contributed by atoms with Crippen LogP contribution in [-0.2, 0) is 4.79 Å². The molecule has 28 heavy (non-hydrogen) atoms. The molecule has 1 amide bonds. The second kappa shape index (κ2) is 9.92. The molecule has 0 unspecified atom stereocenters. The van der Waals surface area contributed by atoms with Gasteiger partial charge in [0.05, 0.1) is 19.9 Å². The topological polar surface area (TPSA) is 77.1 Å². The van der Waals surface area contributed by atoms with E-state index in [0.717, 1.165) is 69.2 Å². The van der Waals surface area contributed by atoms with Gasteiger partial charge < -0.3 is 15.2 Å². The molecule has 0 spiro atoms. The van der Waals surface area contributed by atoms with E-state index in [9.17, 15) is 4.79 Å². The van der Waals surface area contributed by atoms with Crippen LogP contribution >= 0.6 is 0 Å². The van der Waals surface area contributed by atoms with Crippen molar-refractivity contribution in [2.75, 3.05) is 27.3 Å². The van der Waals surface area contributed by atoms with Crippen molar-refractivity contribution in [3.63, 3.8) is 0 Å². The Morgan fingerprint density at radius 1 is 1.04 bits per heavy atom. The van der Waals surface area contributed by atoms with Gasteiger partial charge in [-0.3, -0.25) is 4.79 Å². The minimum absolute atomic E-state index is 0.0541. The highest BCUT2D eigenvalue weighted by Gasteiger charge is 2.41. The predicted molar refractivity (Wildman–Crippen MR) is 111 cm³/mol. The van der Waals surface area contributed by atoms with Crippen molar-refractivity contribution < 1.29 is 14.3 Å². The predicted octanol–water partition coefficient (Wildman–Crippen LogP) is 3.58. The molecule has 1 fully saturated rings. The van der Waals surface area contributed by atoms with E-state index in [2.05, 4.69) is 0 Å². The molecule has 0 aromatic heterocycles. The lowest BCUT2D eigenvalue weighted by molar-refractivity contribution is -0.139. The summed E-state index contributed by atoms with van der Waals surface area (Å²) in [7, 11) is 3.28. The summed E-state index contributed by atoms with van der Waals surface area (Å²) in [6, 6.07) is 5.93. The molecule has 6 heteroatoms. The standard InChI is InChI=1S/C22H33N3O3/c1-27-19-12-11-16(15-20(19)28-2)21-17-9-5-6-10-18(17)22(26)25(24-21)14-8-4-3-7-13-23/h11-12,15,17-18H,3-10,13-14,23H2,1-2H3/t17-,18+/m1/s1. The Morgan fingerprint density at radius 3 is 2.46 bits per heavy atom. The minimum Gasteiger partial charge on any atom is -0.493 e. The number of nitrogens with two attached hydrogens (primary N) is 1. The monoisotopic (exact) mass is 387 g/mol. The molecular formula is C22H33N3O3. The zero-order chi connectivity index (χ0) is 19.9. The lowest BCUT2D eigenvalue weighted by Crippen LogP contribution is -2.46. The van der Waals surface area contributed by atoms with Crippen molar-refractivity contribution in [3.8, 4) is 11.5 Å². The van der Waals surface area contributed by atoms with Gasteiger partial charge >= 0.3 is 0 Å². The maximum Gasteiger partial charge on any atom is 0.246 e. The second-order valence-electron chi connectivity index (χ2n) is 7.72. The second-order valence-corrected chi connectivity index (χ2v) is 7.72. The van der Waals surface area contributed by atoms with E-state index in [0.29, 0.717) is 18.0 Å². The summed E-state index contributed by atoms with van der Waals surface area (Å²) in [5.41, 5.74) is 7.61. The maximum absolute atomic E-state index is 13.0. The number of amides is 1. The van der Waals surface area contributed by atoms with E-state index in [4.69, 9.17) is 20.3 Å². The number of fused-ring (bicyclic) bond motifs is 1. The summed E-state index contributed by atoms with van der Waals surface area (Å²) < 4.78 is 10.9. The quantitative estimate of drug-likeness (QED) is 0.657. The van der Waals surface area contributed by atoms with Crippen LogP contribution in [0, 0.1) is 11.8 Å². The number of ether oxygens (including phenoxy) is 2. The van der Waals surface area contributed by atoms with Gasteiger partial charge in [0.1, 0.15) is 0 Å². The number of unbranched alkanes of at least 4 members (excludes halogenated alkanes) is 3. The molecule has 1 heterocycles. The Hall–Kier alpha value is -2.08. The molecule has 2 N–H and O–H groups in total. The summed E-state index contributed by atoms with van der Waals surface area (Å²) in [5, 5.41) is 6.57. The Morgan fingerprint density at radius 2 is 1.75 bits per heavy atom. The van der Waals surface area contributed by atoms with Gasteiger partial charge in [-0.25, -0.2) is 5.01 Å². The summed E-state index contributed by atoms with van der Waals surface area (Å²) in [4.78, 5) is 13.0. The third-order valence-corrected chi connectivity index (χ3v) is 5.92. The van der Waals surface area contributed by atoms with Crippen molar-refractivity contribution >= 4 is 11.6 Å². The molecule has 6 nitrogen and oxygen atoms in total. The lowest BCUT2D eigenvalue weighted by atomic mass is 9.73. The molecule has 1 aromatic rings. The van der Waals surface area contributed by atoms with Crippen LogP contribution in [0.25, 0.3) is 0 Å². The molecule has 2 atom stereocenters. The number of methoxy groups -OCH3 is 2. The van der Waals surface area contributed by atoms with Crippen molar-refractivity contribution in [3.05, 3.63) is 23.8 Å². The molecule has 1 saturated carbocycles. The Kier molecular flexibility index (Phi) is 7.31. The van der Waals surface area contributed by atoms with E-state index < -0.39 is 0 Å². The molecule has 0 saturated heterocycles. The van der Waals surface area contributed by atoms with E-state index in [1.54, 1.807) is 19.2 Å². The summed E-state index contributed by atoms with van der Waals surface area (Å²) in [6.07, 6.45) is 8.45. The number of rotatable bonds is 9. The van der Waals surface area contributed by atoms with Gasteiger partial charge in [0.2, 0.25) is 5.91 Å².